The number of aromatic nitrogens is 4. The molecule has 1 aliphatic heterocycles. The van der Waals surface area contributed by atoms with Crippen LogP contribution in [0.1, 0.15) is 76.0 Å². The van der Waals surface area contributed by atoms with Crippen LogP contribution in [-0.2, 0) is 13.1 Å². The lowest BCUT2D eigenvalue weighted by atomic mass is 9.84. The van der Waals surface area contributed by atoms with Crippen molar-refractivity contribution in [3.05, 3.63) is 82.6 Å². The zero-order chi connectivity index (χ0) is 26.9. The molecule has 0 unspecified atom stereocenters. The van der Waals surface area contributed by atoms with E-state index in [0.717, 1.165) is 22.0 Å². The quantitative estimate of drug-likeness (QED) is 0.316. The van der Waals surface area contributed by atoms with Crippen LogP contribution in [0.25, 0.3) is 0 Å². The molecule has 4 rings (SSSR count). The molecule has 0 amide bonds. The number of aromatic hydroxyl groups is 1. The van der Waals surface area contributed by atoms with Gasteiger partial charge in [0.05, 0.1) is 17.0 Å². The number of nitrogens with zero attached hydrogens (tertiary/aromatic N) is 2. The minimum Gasteiger partial charge on any atom is -0.494 e. The summed E-state index contributed by atoms with van der Waals surface area (Å²) in [6.07, 6.45) is 2.89. The Morgan fingerprint density at radius 2 is 1.46 bits per heavy atom. The highest BCUT2D eigenvalue weighted by atomic mass is 16.5. The first-order valence-electron chi connectivity index (χ1n) is 12.8. The standard InChI is InChI=1S/C27H34N4O6/c1-15(2)9-7-13-30-24(33)20(22(32)28-26(30)35)19-17-11-5-6-12-18(17)37-23-21(19)25(34)31(27(36)29-23)14-8-10-16(3)4/h5-6,11-12,15-16,19,33H,7-10,13-14H2,1-4H3,(H,29,36)(H,28,32,35)/t19-/m1/s1. The van der Waals surface area contributed by atoms with Gasteiger partial charge in [0, 0.05) is 18.7 Å². The van der Waals surface area contributed by atoms with Crippen molar-refractivity contribution in [3.63, 3.8) is 0 Å². The normalized spacial score (nSPS) is 14.5. The molecule has 3 N–H and O–H groups in total. The number of para-hydroxylation sites is 1. The topological polar surface area (TPSA) is 139 Å². The fraction of sp³-hybridized carbons (Fsp3) is 0.481. The SMILES string of the molecule is CC(C)CCCn1c(O)c([C@H]2c3ccccc3Oc3[nH]c(=O)n(CCCC(C)C)c(=O)c32)c(=O)[nH]c1=O. The molecule has 2 aromatic heterocycles. The molecular formula is C27H34N4O6. The van der Waals surface area contributed by atoms with E-state index in [2.05, 4.69) is 37.7 Å². The summed E-state index contributed by atoms with van der Waals surface area (Å²) < 4.78 is 8.12. The molecule has 0 aliphatic carbocycles. The average Bonchev–Trinajstić information content (AvgIpc) is 2.82. The highest BCUT2D eigenvalue weighted by Gasteiger charge is 2.37. The molecule has 10 heteroatoms. The fourth-order valence-corrected chi connectivity index (χ4v) is 4.84. The van der Waals surface area contributed by atoms with E-state index in [9.17, 15) is 24.3 Å². The van der Waals surface area contributed by atoms with Gasteiger partial charge < -0.3 is 9.84 Å². The molecule has 10 nitrogen and oxygen atoms in total. The van der Waals surface area contributed by atoms with Crippen molar-refractivity contribution in [1.82, 2.24) is 19.1 Å². The van der Waals surface area contributed by atoms with E-state index in [4.69, 9.17) is 4.74 Å². The van der Waals surface area contributed by atoms with Gasteiger partial charge in [-0.2, -0.15) is 0 Å². The predicted molar refractivity (Wildman–Crippen MR) is 140 cm³/mol. The molecule has 1 aromatic carbocycles. The summed E-state index contributed by atoms with van der Waals surface area (Å²) in [7, 11) is 0. The van der Waals surface area contributed by atoms with Crippen LogP contribution in [0.15, 0.2) is 43.4 Å². The molecule has 0 saturated carbocycles. The van der Waals surface area contributed by atoms with Gasteiger partial charge in [-0.25, -0.2) is 9.59 Å². The van der Waals surface area contributed by atoms with Gasteiger partial charge in [0.15, 0.2) is 0 Å². The molecule has 3 heterocycles. The Balaban J connectivity index is 1.93. The van der Waals surface area contributed by atoms with Crippen LogP contribution in [-0.4, -0.2) is 24.2 Å². The Kier molecular flexibility index (Phi) is 7.56. The van der Waals surface area contributed by atoms with Crippen molar-refractivity contribution in [2.45, 2.75) is 72.4 Å². The lowest BCUT2D eigenvalue weighted by Crippen LogP contribution is -2.41. The molecule has 0 bridgehead atoms. The monoisotopic (exact) mass is 510 g/mol. The molecule has 1 aliphatic rings. The Bertz CT molecular complexity index is 1520. The second-order valence-corrected chi connectivity index (χ2v) is 10.4. The van der Waals surface area contributed by atoms with Gasteiger partial charge in [0.25, 0.3) is 11.1 Å². The fourth-order valence-electron chi connectivity index (χ4n) is 4.84. The van der Waals surface area contributed by atoms with Crippen LogP contribution in [0, 0.1) is 11.8 Å². The number of fused-ring (bicyclic) bond motifs is 2. The summed E-state index contributed by atoms with van der Waals surface area (Å²) in [5, 5.41) is 11.3. The third-order valence-corrected chi connectivity index (χ3v) is 6.74. The maximum atomic E-state index is 13.7. The van der Waals surface area contributed by atoms with Crippen LogP contribution in [0.2, 0.25) is 0 Å². The zero-order valence-corrected chi connectivity index (χ0v) is 21.7. The molecular weight excluding hydrogens is 476 g/mol. The van der Waals surface area contributed by atoms with Crippen molar-refractivity contribution >= 4 is 0 Å². The van der Waals surface area contributed by atoms with Gasteiger partial charge >= 0.3 is 11.4 Å². The number of hydrogen-bond acceptors (Lipinski definition) is 6. The molecule has 1 atom stereocenters. The van der Waals surface area contributed by atoms with Crippen molar-refractivity contribution < 1.29 is 9.84 Å². The lowest BCUT2D eigenvalue weighted by molar-refractivity contribution is 0.374. The largest absolute Gasteiger partial charge is 0.494 e. The van der Waals surface area contributed by atoms with Crippen LogP contribution in [0.3, 0.4) is 0 Å². The number of rotatable bonds is 9. The third kappa shape index (κ3) is 5.19. The Hall–Kier alpha value is -3.82. The lowest BCUT2D eigenvalue weighted by Gasteiger charge is -2.28. The first-order chi connectivity index (χ1) is 17.6. The molecule has 3 aromatic rings. The number of benzene rings is 1. The van der Waals surface area contributed by atoms with Crippen molar-refractivity contribution in [2.24, 2.45) is 11.8 Å². The molecule has 37 heavy (non-hydrogen) atoms. The first-order valence-corrected chi connectivity index (χ1v) is 12.8. The van der Waals surface area contributed by atoms with E-state index in [1.165, 1.54) is 0 Å². The molecule has 0 saturated heterocycles. The van der Waals surface area contributed by atoms with Crippen LogP contribution in [0.5, 0.6) is 17.5 Å². The van der Waals surface area contributed by atoms with E-state index in [1.54, 1.807) is 24.3 Å². The van der Waals surface area contributed by atoms with Gasteiger partial charge in [0.2, 0.25) is 11.8 Å². The summed E-state index contributed by atoms with van der Waals surface area (Å²) >= 11 is 0. The van der Waals surface area contributed by atoms with Crippen molar-refractivity contribution in [3.8, 4) is 17.5 Å². The number of hydrogen-bond donors (Lipinski definition) is 3. The van der Waals surface area contributed by atoms with Crippen molar-refractivity contribution in [1.29, 1.82) is 0 Å². The first kappa shape index (κ1) is 26.2. The second-order valence-electron chi connectivity index (χ2n) is 10.4. The summed E-state index contributed by atoms with van der Waals surface area (Å²) in [5.74, 6) is -0.481. The van der Waals surface area contributed by atoms with Crippen LogP contribution >= 0.6 is 0 Å². The van der Waals surface area contributed by atoms with Gasteiger partial charge in [-0.05, 0) is 43.6 Å². The summed E-state index contributed by atoms with van der Waals surface area (Å²) in [4.78, 5) is 57.3. The predicted octanol–water partition coefficient (Wildman–Crippen LogP) is 3.25. The van der Waals surface area contributed by atoms with E-state index < -0.39 is 34.3 Å². The minimum atomic E-state index is -1.05. The number of ether oxygens (including phenoxy) is 1. The van der Waals surface area contributed by atoms with Crippen LogP contribution in [0.4, 0.5) is 0 Å². The van der Waals surface area contributed by atoms with E-state index >= 15 is 0 Å². The van der Waals surface area contributed by atoms with E-state index in [-0.39, 0.29) is 30.1 Å². The summed E-state index contributed by atoms with van der Waals surface area (Å²) in [6, 6.07) is 6.81. The number of aromatic amines is 2. The maximum absolute atomic E-state index is 13.7. The summed E-state index contributed by atoms with van der Waals surface area (Å²) in [6.45, 7) is 8.64. The maximum Gasteiger partial charge on any atom is 0.331 e. The Morgan fingerprint density at radius 3 is 2.11 bits per heavy atom. The molecule has 0 fully saturated rings. The minimum absolute atomic E-state index is 0.0380. The van der Waals surface area contributed by atoms with Crippen molar-refractivity contribution in [2.75, 3.05) is 0 Å². The van der Waals surface area contributed by atoms with E-state index in [1.807, 2.05) is 0 Å². The number of nitrogens with one attached hydrogen (secondary N) is 2. The number of H-pyrrole nitrogens is 2. The Morgan fingerprint density at radius 1 is 0.865 bits per heavy atom. The van der Waals surface area contributed by atoms with Crippen LogP contribution < -0.4 is 27.2 Å². The molecule has 198 valence electrons. The van der Waals surface area contributed by atoms with Gasteiger partial charge in [0.1, 0.15) is 5.75 Å². The zero-order valence-electron chi connectivity index (χ0n) is 21.7. The van der Waals surface area contributed by atoms with E-state index in [0.29, 0.717) is 36.0 Å². The summed E-state index contributed by atoms with van der Waals surface area (Å²) in [5.41, 5.74) is -2.35. The molecule has 0 spiro atoms. The Labute approximate surface area is 213 Å². The van der Waals surface area contributed by atoms with Gasteiger partial charge in [-0.15, -0.1) is 0 Å². The van der Waals surface area contributed by atoms with Gasteiger partial charge in [-0.1, -0.05) is 45.9 Å². The highest BCUT2D eigenvalue weighted by molar-refractivity contribution is 5.56. The van der Waals surface area contributed by atoms with Gasteiger partial charge in [-0.3, -0.25) is 28.7 Å². The third-order valence-electron chi connectivity index (χ3n) is 6.74. The molecule has 0 radical (unpaired) electrons. The smallest absolute Gasteiger partial charge is 0.331 e. The second kappa shape index (κ2) is 10.7. The average molecular weight is 511 g/mol. The highest BCUT2D eigenvalue weighted by Crippen LogP contribution is 2.45.